The predicted molar refractivity (Wildman–Crippen MR) is 102 cm³/mol. The van der Waals surface area contributed by atoms with Crippen molar-refractivity contribution < 1.29 is 19.0 Å². The quantitative estimate of drug-likeness (QED) is 0.640. The molecule has 0 atom stereocenters. The van der Waals surface area contributed by atoms with Crippen molar-refractivity contribution >= 4 is 5.91 Å². The van der Waals surface area contributed by atoms with Crippen molar-refractivity contribution in [1.82, 2.24) is 4.90 Å². The van der Waals surface area contributed by atoms with Crippen LogP contribution in [0, 0.1) is 0 Å². The normalized spacial score (nSPS) is 10.1. The molecule has 0 fully saturated rings. The van der Waals surface area contributed by atoms with E-state index < -0.39 is 0 Å². The maximum Gasteiger partial charge on any atom is 0.254 e. The summed E-state index contributed by atoms with van der Waals surface area (Å²) in [7, 11) is 3.32. The number of methoxy groups -OCH3 is 1. The lowest BCUT2D eigenvalue weighted by Gasteiger charge is -2.18. The van der Waals surface area contributed by atoms with E-state index in [9.17, 15) is 4.79 Å². The predicted octanol–water partition coefficient (Wildman–Crippen LogP) is 3.93. The molecular formula is C21H25NO4. The summed E-state index contributed by atoms with van der Waals surface area (Å²) in [5.41, 5.74) is 1.57. The summed E-state index contributed by atoms with van der Waals surface area (Å²) in [5.74, 6) is 1.84. The number of hydrogen-bond acceptors (Lipinski definition) is 4. The molecule has 1 amide bonds. The molecule has 0 N–H and O–H groups in total. The Balaban J connectivity index is 2.08. The fraction of sp³-hybridized carbons (Fsp3) is 0.286. The fourth-order valence-electron chi connectivity index (χ4n) is 2.49. The Kier molecular flexibility index (Phi) is 7.09. The zero-order chi connectivity index (χ0) is 18.9. The summed E-state index contributed by atoms with van der Waals surface area (Å²) in [6.45, 7) is 7.08. The first-order valence-electron chi connectivity index (χ1n) is 8.48. The molecule has 0 aromatic heterocycles. The van der Waals surface area contributed by atoms with E-state index in [2.05, 4.69) is 6.58 Å². The van der Waals surface area contributed by atoms with Gasteiger partial charge in [-0.1, -0.05) is 24.8 Å². The molecule has 0 saturated carbocycles. The van der Waals surface area contributed by atoms with E-state index >= 15 is 0 Å². The average Bonchev–Trinajstić information content (AvgIpc) is 2.67. The first-order chi connectivity index (χ1) is 12.6. The summed E-state index contributed by atoms with van der Waals surface area (Å²) in [6.07, 6.45) is 1.66. The third-order valence-electron chi connectivity index (χ3n) is 3.77. The maximum atomic E-state index is 12.7. The summed E-state index contributed by atoms with van der Waals surface area (Å²) in [4.78, 5) is 14.4. The minimum atomic E-state index is -0.0903. The van der Waals surface area contributed by atoms with E-state index in [0.29, 0.717) is 36.8 Å². The van der Waals surface area contributed by atoms with Gasteiger partial charge in [-0.25, -0.2) is 0 Å². The molecule has 2 rings (SSSR count). The second-order valence-corrected chi connectivity index (χ2v) is 5.70. The van der Waals surface area contributed by atoms with Crippen LogP contribution in [0.4, 0.5) is 0 Å². The molecule has 2 aromatic rings. The monoisotopic (exact) mass is 355 g/mol. The molecule has 2 aromatic carbocycles. The van der Waals surface area contributed by atoms with Gasteiger partial charge in [-0.15, -0.1) is 0 Å². The number of rotatable bonds is 9. The lowest BCUT2D eigenvalue weighted by atomic mass is 10.1. The van der Waals surface area contributed by atoms with E-state index in [1.54, 1.807) is 43.3 Å². The fourth-order valence-corrected chi connectivity index (χ4v) is 2.49. The van der Waals surface area contributed by atoms with Gasteiger partial charge in [0.15, 0.2) is 11.5 Å². The van der Waals surface area contributed by atoms with Gasteiger partial charge in [-0.05, 0) is 42.8 Å². The summed E-state index contributed by atoms with van der Waals surface area (Å²) < 4.78 is 16.3. The summed E-state index contributed by atoms with van der Waals surface area (Å²) in [6, 6.07) is 12.9. The largest absolute Gasteiger partial charge is 0.494 e. The van der Waals surface area contributed by atoms with E-state index in [-0.39, 0.29) is 5.91 Å². The molecule has 0 unspecified atom stereocenters. The van der Waals surface area contributed by atoms with Gasteiger partial charge in [0, 0.05) is 19.2 Å². The Labute approximate surface area is 154 Å². The van der Waals surface area contributed by atoms with Crippen LogP contribution < -0.4 is 14.2 Å². The third kappa shape index (κ3) is 5.02. The number of ether oxygens (including phenoxy) is 3. The second kappa shape index (κ2) is 9.51. The summed E-state index contributed by atoms with van der Waals surface area (Å²) in [5, 5.41) is 0. The summed E-state index contributed by atoms with van der Waals surface area (Å²) >= 11 is 0. The molecule has 0 spiro atoms. The zero-order valence-corrected chi connectivity index (χ0v) is 15.5. The number of carbonyl (C=O) groups excluding carboxylic acids is 1. The van der Waals surface area contributed by atoms with Gasteiger partial charge >= 0.3 is 0 Å². The Bertz CT molecular complexity index is 740. The minimum Gasteiger partial charge on any atom is -0.494 e. The molecule has 0 aliphatic heterocycles. The van der Waals surface area contributed by atoms with E-state index in [0.717, 1.165) is 11.3 Å². The third-order valence-corrected chi connectivity index (χ3v) is 3.77. The van der Waals surface area contributed by atoms with Gasteiger partial charge in [0.25, 0.3) is 5.91 Å². The Morgan fingerprint density at radius 1 is 1.12 bits per heavy atom. The van der Waals surface area contributed by atoms with Crippen LogP contribution in [0.3, 0.4) is 0 Å². The van der Waals surface area contributed by atoms with Crippen molar-refractivity contribution in [1.29, 1.82) is 0 Å². The molecule has 0 bridgehead atoms. The minimum absolute atomic E-state index is 0.0903. The highest BCUT2D eigenvalue weighted by Crippen LogP contribution is 2.28. The van der Waals surface area contributed by atoms with Crippen molar-refractivity contribution in [3.63, 3.8) is 0 Å². The SMILES string of the molecule is C=CCOc1ccc(C(=O)N(C)Cc2ccc(OCC)cc2)cc1OC. The molecule has 0 saturated heterocycles. The van der Waals surface area contributed by atoms with Crippen LogP contribution in [-0.2, 0) is 6.54 Å². The van der Waals surface area contributed by atoms with Crippen molar-refractivity contribution in [2.24, 2.45) is 0 Å². The van der Waals surface area contributed by atoms with Gasteiger partial charge in [-0.3, -0.25) is 4.79 Å². The molecule has 26 heavy (non-hydrogen) atoms. The van der Waals surface area contributed by atoms with Crippen LogP contribution >= 0.6 is 0 Å². The van der Waals surface area contributed by atoms with Gasteiger partial charge in [0.2, 0.25) is 0 Å². The van der Waals surface area contributed by atoms with Crippen LogP contribution in [0.5, 0.6) is 17.2 Å². The van der Waals surface area contributed by atoms with Crippen molar-refractivity contribution in [2.45, 2.75) is 13.5 Å². The number of benzene rings is 2. The van der Waals surface area contributed by atoms with Crippen molar-refractivity contribution in [2.75, 3.05) is 27.4 Å². The Morgan fingerprint density at radius 3 is 2.46 bits per heavy atom. The average molecular weight is 355 g/mol. The lowest BCUT2D eigenvalue weighted by Crippen LogP contribution is -2.26. The zero-order valence-electron chi connectivity index (χ0n) is 15.5. The van der Waals surface area contributed by atoms with Crippen LogP contribution in [-0.4, -0.2) is 38.2 Å². The first kappa shape index (κ1) is 19.4. The molecule has 5 nitrogen and oxygen atoms in total. The molecule has 0 radical (unpaired) electrons. The van der Waals surface area contributed by atoms with Gasteiger partial charge in [0.1, 0.15) is 12.4 Å². The van der Waals surface area contributed by atoms with E-state index in [1.165, 1.54) is 0 Å². The van der Waals surface area contributed by atoms with Crippen molar-refractivity contribution in [3.8, 4) is 17.2 Å². The molecule has 0 aliphatic carbocycles. The first-order valence-corrected chi connectivity index (χ1v) is 8.48. The highest BCUT2D eigenvalue weighted by Gasteiger charge is 2.15. The van der Waals surface area contributed by atoms with Gasteiger partial charge < -0.3 is 19.1 Å². The van der Waals surface area contributed by atoms with E-state index in [4.69, 9.17) is 14.2 Å². The van der Waals surface area contributed by atoms with Crippen LogP contribution in [0.1, 0.15) is 22.8 Å². The Morgan fingerprint density at radius 2 is 1.85 bits per heavy atom. The second-order valence-electron chi connectivity index (χ2n) is 5.70. The van der Waals surface area contributed by atoms with E-state index in [1.807, 2.05) is 31.2 Å². The standard InChI is InChI=1S/C21H25NO4/c1-5-13-26-19-12-9-17(14-20(19)24-4)21(23)22(3)15-16-7-10-18(11-8-16)25-6-2/h5,7-12,14H,1,6,13,15H2,2-4H3. The highest BCUT2D eigenvalue weighted by atomic mass is 16.5. The molecule has 0 aliphatic rings. The number of nitrogens with zero attached hydrogens (tertiary/aromatic N) is 1. The molecule has 0 heterocycles. The van der Waals surface area contributed by atoms with Crippen LogP contribution in [0.15, 0.2) is 55.1 Å². The van der Waals surface area contributed by atoms with Gasteiger partial charge in [0.05, 0.1) is 13.7 Å². The number of hydrogen-bond donors (Lipinski definition) is 0. The highest BCUT2D eigenvalue weighted by molar-refractivity contribution is 5.94. The van der Waals surface area contributed by atoms with Crippen molar-refractivity contribution in [3.05, 3.63) is 66.2 Å². The lowest BCUT2D eigenvalue weighted by molar-refractivity contribution is 0.0784. The van der Waals surface area contributed by atoms with Gasteiger partial charge in [-0.2, -0.15) is 0 Å². The maximum absolute atomic E-state index is 12.7. The van der Waals surface area contributed by atoms with Crippen LogP contribution in [0.25, 0.3) is 0 Å². The van der Waals surface area contributed by atoms with Crippen LogP contribution in [0.2, 0.25) is 0 Å². The molecular weight excluding hydrogens is 330 g/mol. The number of carbonyl (C=O) groups is 1. The Hall–Kier alpha value is -2.95. The topological polar surface area (TPSA) is 48.0 Å². The smallest absolute Gasteiger partial charge is 0.254 e. The number of amides is 1. The molecule has 5 heteroatoms. The molecule has 138 valence electrons.